The van der Waals surface area contributed by atoms with Gasteiger partial charge in [-0.15, -0.1) is 11.3 Å². The monoisotopic (exact) mass is 379 g/mol. The van der Waals surface area contributed by atoms with Crippen LogP contribution in [0, 0.1) is 0 Å². The highest BCUT2D eigenvalue weighted by Crippen LogP contribution is 2.29. The summed E-state index contributed by atoms with van der Waals surface area (Å²) in [6, 6.07) is 6.34. The molecule has 1 aromatic carbocycles. The van der Waals surface area contributed by atoms with Crippen LogP contribution in [-0.2, 0) is 14.1 Å². The molecule has 3 aromatic rings. The van der Waals surface area contributed by atoms with Gasteiger partial charge in [0.2, 0.25) is 0 Å². The third kappa shape index (κ3) is 2.94. The Morgan fingerprint density at radius 1 is 1.20 bits per heavy atom. The molecule has 0 atom stereocenters. The first-order chi connectivity index (χ1) is 11.8. The van der Waals surface area contributed by atoms with E-state index in [1.54, 1.807) is 25.2 Å². The molecule has 1 amide bonds. The van der Waals surface area contributed by atoms with Crippen molar-refractivity contribution < 1.29 is 9.53 Å². The number of aromatic nitrogens is 2. The summed E-state index contributed by atoms with van der Waals surface area (Å²) in [5.41, 5.74) is -0.462. The van der Waals surface area contributed by atoms with Gasteiger partial charge in [-0.25, -0.2) is 4.79 Å². The maximum Gasteiger partial charge on any atom is 0.331 e. The summed E-state index contributed by atoms with van der Waals surface area (Å²) in [4.78, 5) is 37.5. The Balaban J connectivity index is 2.06. The highest BCUT2D eigenvalue weighted by Gasteiger charge is 2.17. The van der Waals surface area contributed by atoms with Gasteiger partial charge in [-0.3, -0.25) is 18.7 Å². The van der Waals surface area contributed by atoms with Crippen molar-refractivity contribution in [2.45, 2.75) is 0 Å². The number of benzene rings is 1. The average molecular weight is 380 g/mol. The zero-order valence-electron chi connectivity index (χ0n) is 13.6. The van der Waals surface area contributed by atoms with Crippen LogP contribution in [0.2, 0.25) is 5.02 Å². The van der Waals surface area contributed by atoms with Crippen LogP contribution in [0.5, 0.6) is 5.75 Å². The number of nitrogens with one attached hydrogen (secondary N) is 1. The Kier molecular flexibility index (Phi) is 4.40. The lowest BCUT2D eigenvalue weighted by Gasteiger charge is -2.09. The first-order valence-electron chi connectivity index (χ1n) is 7.18. The molecule has 0 spiro atoms. The molecule has 0 aliphatic carbocycles. The largest absolute Gasteiger partial charge is 0.495 e. The minimum Gasteiger partial charge on any atom is -0.495 e. The van der Waals surface area contributed by atoms with Gasteiger partial charge in [-0.05, 0) is 24.3 Å². The summed E-state index contributed by atoms with van der Waals surface area (Å²) in [6.07, 6.45) is 0. The van der Waals surface area contributed by atoms with Crippen LogP contribution < -0.4 is 21.3 Å². The first kappa shape index (κ1) is 17.2. The molecule has 0 saturated heterocycles. The number of halogens is 1. The fourth-order valence-electron chi connectivity index (χ4n) is 2.44. The van der Waals surface area contributed by atoms with Crippen molar-refractivity contribution in [1.29, 1.82) is 0 Å². The van der Waals surface area contributed by atoms with Crippen molar-refractivity contribution in [2.24, 2.45) is 14.1 Å². The molecule has 3 rings (SSSR count). The average Bonchev–Trinajstić information content (AvgIpc) is 3.04. The van der Waals surface area contributed by atoms with E-state index in [9.17, 15) is 14.4 Å². The lowest BCUT2D eigenvalue weighted by molar-refractivity contribution is 0.103. The number of ether oxygens (including phenoxy) is 1. The third-order valence-corrected chi connectivity index (χ3v) is 5.20. The summed E-state index contributed by atoms with van der Waals surface area (Å²) in [6.45, 7) is 0. The molecule has 25 heavy (non-hydrogen) atoms. The molecule has 130 valence electrons. The fourth-order valence-corrected chi connectivity index (χ4v) is 3.61. The number of hydrogen-bond donors (Lipinski definition) is 1. The number of anilines is 1. The van der Waals surface area contributed by atoms with E-state index in [1.165, 1.54) is 24.8 Å². The van der Waals surface area contributed by atoms with Gasteiger partial charge in [0.1, 0.15) is 10.6 Å². The molecular formula is C16H14ClN3O4S. The van der Waals surface area contributed by atoms with Gasteiger partial charge in [0.15, 0.2) is 0 Å². The number of nitrogens with zero attached hydrogens (tertiary/aromatic N) is 2. The van der Waals surface area contributed by atoms with E-state index in [0.717, 1.165) is 15.9 Å². The minimum absolute atomic E-state index is 0.301. The number of fused-ring (bicyclic) bond motifs is 1. The molecule has 0 aliphatic rings. The van der Waals surface area contributed by atoms with Gasteiger partial charge in [-0.1, -0.05) is 11.6 Å². The van der Waals surface area contributed by atoms with Crippen molar-refractivity contribution in [1.82, 2.24) is 9.13 Å². The van der Waals surface area contributed by atoms with Crippen LogP contribution in [0.3, 0.4) is 0 Å². The number of amides is 1. The summed E-state index contributed by atoms with van der Waals surface area (Å²) in [5, 5.41) is 3.48. The summed E-state index contributed by atoms with van der Waals surface area (Å²) < 4.78 is 7.55. The minimum atomic E-state index is -0.442. The molecule has 0 fully saturated rings. The maximum absolute atomic E-state index is 12.6. The number of hydrogen-bond acceptors (Lipinski definition) is 5. The predicted octanol–water partition coefficient (Wildman–Crippen LogP) is 2.21. The molecule has 0 radical (unpaired) electrons. The fraction of sp³-hybridized carbons (Fsp3) is 0.188. The summed E-state index contributed by atoms with van der Waals surface area (Å²) in [5.74, 6) is 0.0402. The van der Waals surface area contributed by atoms with Gasteiger partial charge >= 0.3 is 5.69 Å². The maximum atomic E-state index is 12.6. The van der Waals surface area contributed by atoms with E-state index in [4.69, 9.17) is 16.3 Å². The van der Waals surface area contributed by atoms with E-state index in [1.807, 2.05) is 0 Å². The zero-order valence-corrected chi connectivity index (χ0v) is 15.2. The van der Waals surface area contributed by atoms with Crippen molar-refractivity contribution >= 4 is 44.7 Å². The Labute approximate surface area is 151 Å². The highest BCUT2D eigenvalue weighted by atomic mass is 35.5. The molecule has 2 heterocycles. The molecule has 0 bridgehead atoms. The molecule has 2 aromatic heterocycles. The topological polar surface area (TPSA) is 82.3 Å². The van der Waals surface area contributed by atoms with Gasteiger partial charge in [-0.2, -0.15) is 0 Å². The number of methoxy groups -OCH3 is 1. The van der Waals surface area contributed by atoms with E-state index < -0.39 is 17.2 Å². The highest BCUT2D eigenvalue weighted by molar-refractivity contribution is 7.20. The number of aryl methyl sites for hydroxylation is 1. The predicted molar refractivity (Wildman–Crippen MR) is 98.3 cm³/mol. The van der Waals surface area contributed by atoms with Crippen LogP contribution in [0.15, 0.2) is 33.9 Å². The second kappa shape index (κ2) is 6.38. The second-order valence-electron chi connectivity index (χ2n) is 5.33. The summed E-state index contributed by atoms with van der Waals surface area (Å²) >= 11 is 7.03. The number of rotatable bonds is 3. The lowest BCUT2D eigenvalue weighted by atomic mass is 10.2. The normalized spacial score (nSPS) is 10.9. The molecule has 7 nitrogen and oxygen atoms in total. The Morgan fingerprint density at radius 2 is 1.92 bits per heavy atom. The molecule has 1 N–H and O–H groups in total. The third-order valence-electron chi connectivity index (χ3n) is 3.76. The van der Waals surface area contributed by atoms with E-state index in [2.05, 4.69) is 5.32 Å². The molecule has 0 saturated carbocycles. The van der Waals surface area contributed by atoms with Crippen LogP contribution in [0.4, 0.5) is 5.69 Å². The molecule has 0 unspecified atom stereocenters. The van der Waals surface area contributed by atoms with E-state index in [0.29, 0.717) is 31.6 Å². The number of carbonyl (C=O) groups is 1. The number of carbonyl (C=O) groups excluding carboxylic acids is 1. The zero-order chi connectivity index (χ0) is 18.3. The lowest BCUT2D eigenvalue weighted by Crippen LogP contribution is -2.36. The van der Waals surface area contributed by atoms with Gasteiger partial charge in [0.25, 0.3) is 11.5 Å². The standard InChI is InChI=1S/C16H14ClN3O4S/c1-19-14(22)9-7-12(25-15(9)20(2)16(19)23)13(21)18-10-6-8(17)4-5-11(10)24-3/h4-7H,1-3H3,(H,18,21). The Hall–Kier alpha value is -2.58. The number of thiophene rings is 1. The molecule has 9 heteroatoms. The Bertz CT molecular complexity index is 1110. The van der Waals surface area contributed by atoms with Crippen molar-refractivity contribution in [3.8, 4) is 5.75 Å². The van der Waals surface area contributed by atoms with Crippen LogP contribution in [0.25, 0.3) is 10.2 Å². The van der Waals surface area contributed by atoms with Gasteiger partial charge in [0, 0.05) is 19.1 Å². The van der Waals surface area contributed by atoms with Crippen LogP contribution >= 0.6 is 22.9 Å². The van der Waals surface area contributed by atoms with Crippen molar-refractivity contribution in [3.63, 3.8) is 0 Å². The first-order valence-corrected chi connectivity index (χ1v) is 8.37. The van der Waals surface area contributed by atoms with Crippen LogP contribution in [-0.4, -0.2) is 22.2 Å². The molecular weight excluding hydrogens is 366 g/mol. The summed E-state index contributed by atoms with van der Waals surface area (Å²) in [7, 11) is 4.44. The van der Waals surface area contributed by atoms with Gasteiger partial charge < -0.3 is 10.1 Å². The van der Waals surface area contributed by atoms with E-state index in [-0.39, 0.29) is 0 Å². The van der Waals surface area contributed by atoms with Gasteiger partial charge in [0.05, 0.1) is 23.1 Å². The van der Waals surface area contributed by atoms with E-state index >= 15 is 0 Å². The molecule has 0 aliphatic heterocycles. The van der Waals surface area contributed by atoms with Crippen LogP contribution in [0.1, 0.15) is 9.67 Å². The van der Waals surface area contributed by atoms with Crippen molar-refractivity contribution in [3.05, 3.63) is 55.0 Å². The quantitative estimate of drug-likeness (QED) is 0.756. The smallest absolute Gasteiger partial charge is 0.331 e. The SMILES string of the molecule is COc1ccc(Cl)cc1NC(=O)c1cc2c(=O)n(C)c(=O)n(C)c2s1. The van der Waals surface area contributed by atoms with Crippen molar-refractivity contribution in [2.75, 3.05) is 12.4 Å². The Morgan fingerprint density at radius 3 is 2.60 bits per heavy atom. The second-order valence-corrected chi connectivity index (χ2v) is 6.80.